The molecule has 2 N–H and O–H groups in total. The van der Waals surface area contributed by atoms with Gasteiger partial charge in [0.25, 0.3) is 0 Å². The molecule has 0 amide bonds. The van der Waals surface area contributed by atoms with Crippen LogP contribution in [0.5, 0.6) is 0 Å². The molecule has 0 aromatic carbocycles. The van der Waals surface area contributed by atoms with Gasteiger partial charge in [-0.15, -0.1) is 0 Å². The Morgan fingerprint density at radius 2 is 2.22 bits per heavy atom. The first-order valence-corrected chi connectivity index (χ1v) is 6.06. The smallest absolute Gasteiger partial charge is 0.371 e. The van der Waals surface area contributed by atoms with Gasteiger partial charge in [0.05, 0.1) is 11.6 Å². The lowest BCUT2D eigenvalue weighted by atomic mass is 10.1. The number of hydrogen-bond donors (Lipinski definition) is 2. The summed E-state index contributed by atoms with van der Waals surface area (Å²) in [5, 5.41) is 12.0. The van der Waals surface area contributed by atoms with Gasteiger partial charge in [-0.1, -0.05) is 0 Å². The van der Waals surface area contributed by atoms with E-state index >= 15 is 0 Å². The van der Waals surface area contributed by atoms with Gasteiger partial charge in [0.15, 0.2) is 0 Å². The largest absolute Gasteiger partial charge is 0.475 e. The van der Waals surface area contributed by atoms with Crippen LogP contribution >= 0.6 is 0 Å². The van der Waals surface area contributed by atoms with Crippen LogP contribution in [-0.4, -0.2) is 29.8 Å². The number of carboxylic acids is 1. The number of aromatic carboxylic acids is 1. The fourth-order valence-electron chi connectivity index (χ4n) is 1.64. The number of carboxylic acid groups (broad SMARTS) is 1. The van der Waals surface area contributed by atoms with Crippen LogP contribution in [0.4, 0.5) is 0 Å². The van der Waals surface area contributed by atoms with Crippen LogP contribution in [0.3, 0.4) is 0 Å². The molecule has 0 radical (unpaired) electrons. The molecule has 0 saturated carbocycles. The van der Waals surface area contributed by atoms with Crippen LogP contribution in [-0.2, 0) is 4.74 Å². The highest BCUT2D eigenvalue weighted by Gasteiger charge is 2.20. The van der Waals surface area contributed by atoms with Gasteiger partial charge in [0, 0.05) is 13.2 Å². The molecule has 1 aromatic rings. The van der Waals surface area contributed by atoms with Gasteiger partial charge in [-0.3, -0.25) is 0 Å². The number of furan rings is 1. The average Bonchev–Trinajstić information content (AvgIpc) is 2.75. The molecule has 5 nitrogen and oxygen atoms in total. The predicted octanol–water partition coefficient (Wildman–Crippen LogP) is 2.44. The van der Waals surface area contributed by atoms with Gasteiger partial charge in [0.2, 0.25) is 5.76 Å². The van der Waals surface area contributed by atoms with Gasteiger partial charge >= 0.3 is 5.97 Å². The molecule has 0 aliphatic heterocycles. The van der Waals surface area contributed by atoms with Gasteiger partial charge in [-0.2, -0.15) is 0 Å². The molecule has 0 bridgehead atoms. The number of rotatable bonds is 7. The molecule has 1 atom stereocenters. The molecule has 0 spiro atoms. The lowest BCUT2D eigenvalue weighted by Crippen LogP contribution is -2.38. The summed E-state index contributed by atoms with van der Waals surface area (Å²) < 4.78 is 10.8. The second-order valence-electron chi connectivity index (χ2n) is 4.80. The first-order chi connectivity index (χ1) is 8.35. The maximum Gasteiger partial charge on any atom is 0.371 e. The fraction of sp³-hybridized carbons (Fsp3) is 0.615. The maximum absolute atomic E-state index is 10.7. The second kappa shape index (κ2) is 6.02. The summed E-state index contributed by atoms with van der Waals surface area (Å²) in [5.74, 6) is -0.481. The van der Waals surface area contributed by atoms with Crippen molar-refractivity contribution >= 4 is 5.97 Å². The number of carbonyl (C=O) groups is 1. The van der Waals surface area contributed by atoms with E-state index in [2.05, 4.69) is 5.32 Å². The standard InChI is InChI=1S/C13H21NO4/c1-5-17-13(3,4)8-14-9(2)10-6-7-11(18-10)12(15)16/h6-7,9,14H,5,8H2,1-4H3,(H,15,16). The minimum atomic E-state index is -1.05. The Bertz CT molecular complexity index is 397. The molecular formula is C13H21NO4. The van der Waals surface area contributed by atoms with Gasteiger partial charge < -0.3 is 19.6 Å². The zero-order valence-electron chi connectivity index (χ0n) is 11.3. The number of nitrogens with one attached hydrogen (secondary N) is 1. The summed E-state index contributed by atoms with van der Waals surface area (Å²) in [6.45, 7) is 9.20. The summed E-state index contributed by atoms with van der Waals surface area (Å²) in [5.41, 5.74) is -0.259. The summed E-state index contributed by atoms with van der Waals surface area (Å²) >= 11 is 0. The van der Waals surface area contributed by atoms with E-state index in [9.17, 15) is 4.79 Å². The van der Waals surface area contributed by atoms with Crippen LogP contribution in [0, 0.1) is 0 Å². The van der Waals surface area contributed by atoms with Gasteiger partial charge in [-0.05, 0) is 39.8 Å². The third-order valence-electron chi connectivity index (χ3n) is 2.63. The topological polar surface area (TPSA) is 71.7 Å². The molecule has 102 valence electrons. The van der Waals surface area contributed by atoms with E-state index in [4.69, 9.17) is 14.3 Å². The number of hydrogen-bond acceptors (Lipinski definition) is 4. The summed E-state index contributed by atoms with van der Waals surface area (Å²) in [7, 11) is 0. The van der Waals surface area contributed by atoms with Crippen molar-refractivity contribution in [3.8, 4) is 0 Å². The molecule has 0 aliphatic rings. The van der Waals surface area contributed by atoms with Crippen molar-refractivity contribution in [3.63, 3.8) is 0 Å². The van der Waals surface area contributed by atoms with Crippen molar-refractivity contribution in [3.05, 3.63) is 23.7 Å². The monoisotopic (exact) mass is 255 g/mol. The van der Waals surface area contributed by atoms with Crippen LogP contribution in [0.25, 0.3) is 0 Å². The maximum atomic E-state index is 10.7. The molecule has 0 saturated heterocycles. The Balaban J connectivity index is 2.54. The Kier molecular flexibility index (Phi) is 4.93. The van der Waals surface area contributed by atoms with E-state index in [0.717, 1.165) is 0 Å². The minimum Gasteiger partial charge on any atom is -0.475 e. The molecule has 1 rings (SSSR count). The van der Waals surface area contributed by atoms with E-state index < -0.39 is 5.97 Å². The molecule has 1 heterocycles. The molecular weight excluding hydrogens is 234 g/mol. The fourth-order valence-corrected chi connectivity index (χ4v) is 1.64. The van der Waals surface area contributed by atoms with Crippen LogP contribution in [0.1, 0.15) is 50.1 Å². The third-order valence-corrected chi connectivity index (χ3v) is 2.63. The molecule has 0 aliphatic carbocycles. The van der Waals surface area contributed by atoms with E-state index in [1.54, 1.807) is 6.07 Å². The van der Waals surface area contributed by atoms with Crippen molar-refractivity contribution in [2.24, 2.45) is 0 Å². The summed E-state index contributed by atoms with van der Waals surface area (Å²) in [6.07, 6.45) is 0. The number of ether oxygens (including phenoxy) is 1. The minimum absolute atomic E-state index is 0.0391. The van der Waals surface area contributed by atoms with Crippen molar-refractivity contribution in [1.82, 2.24) is 5.32 Å². The van der Waals surface area contributed by atoms with Crippen molar-refractivity contribution in [2.75, 3.05) is 13.2 Å². The Morgan fingerprint density at radius 1 is 1.56 bits per heavy atom. The lowest BCUT2D eigenvalue weighted by Gasteiger charge is -2.26. The zero-order chi connectivity index (χ0) is 13.8. The summed E-state index contributed by atoms with van der Waals surface area (Å²) in [6, 6.07) is 3.08. The molecule has 18 heavy (non-hydrogen) atoms. The molecule has 1 aromatic heterocycles. The van der Waals surface area contributed by atoms with Crippen molar-refractivity contribution in [2.45, 2.75) is 39.3 Å². The van der Waals surface area contributed by atoms with E-state index in [-0.39, 0.29) is 17.4 Å². The third kappa shape index (κ3) is 4.16. The summed E-state index contributed by atoms with van der Waals surface area (Å²) in [4.78, 5) is 10.7. The van der Waals surface area contributed by atoms with Crippen LogP contribution in [0.2, 0.25) is 0 Å². The van der Waals surface area contributed by atoms with E-state index in [0.29, 0.717) is 18.9 Å². The Hall–Kier alpha value is -1.33. The van der Waals surface area contributed by atoms with Crippen molar-refractivity contribution < 1.29 is 19.1 Å². The highest BCUT2D eigenvalue weighted by molar-refractivity contribution is 5.84. The van der Waals surface area contributed by atoms with E-state index in [1.807, 2.05) is 27.7 Å². The van der Waals surface area contributed by atoms with Gasteiger partial charge in [0.1, 0.15) is 5.76 Å². The average molecular weight is 255 g/mol. The first kappa shape index (κ1) is 14.7. The SMILES string of the molecule is CCOC(C)(C)CNC(C)c1ccc(C(=O)O)o1. The quantitative estimate of drug-likeness (QED) is 0.783. The highest BCUT2D eigenvalue weighted by atomic mass is 16.5. The zero-order valence-corrected chi connectivity index (χ0v) is 11.3. The molecule has 1 unspecified atom stereocenters. The van der Waals surface area contributed by atoms with Crippen LogP contribution in [0.15, 0.2) is 16.5 Å². The lowest BCUT2D eigenvalue weighted by molar-refractivity contribution is -0.0107. The Labute approximate surface area is 107 Å². The second-order valence-corrected chi connectivity index (χ2v) is 4.80. The highest BCUT2D eigenvalue weighted by Crippen LogP contribution is 2.17. The molecule has 5 heteroatoms. The first-order valence-electron chi connectivity index (χ1n) is 6.06. The van der Waals surface area contributed by atoms with Crippen molar-refractivity contribution in [1.29, 1.82) is 0 Å². The normalized spacial score (nSPS) is 13.6. The van der Waals surface area contributed by atoms with Gasteiger partial charge in [-0.25, -0.2) is 4.79 Å². The van der Waals surface area contributed by atoms with Crippen LogP contribution < -0.4 is 5.32 Å². The Morgan fingerprint density at radius 3 is 2.72 bits per heavy atom. The molecule has 0 fully saturated rings. The predicted molar refractivity (Wildman–Crippen MR) is 67.8 cm³/mol. The van der Waals surface area contributed by atoms with E-state index in [1.165, 1.54) is 6.07 Å².